The van der Waals surface area contributed by atoms with E-state index in [1.807, 2.05) is 50.8 Å². The van der Waals surface area contributed by atoms with E-state index in [0.29, 0.717) is 71.8 Å². The van der Waals surface area contributed by atoms with Crippen LogP contribution < -0.4 is 20.3 Å². The van der Waals surface area contributed by atoms with Gasteiger partial charge in [0, 0.05) is 56.3 Å². The summed E-state index contributed by atoms with van der Waals surface area (Å²) in [5.74, 6) is -1.07. The van der Waals surface area contributed by atoms with Gasteiger partial charge < -0.3 is 38.6 Å². The molecule has 2 aliphatic rings. The van der Waals surface area contributed by atoms with Crippen LogP contribution >= 0.6 is 11.3 Å². The number of hydrogen-bond acceptors (Lipinski definition) is 16. The molecule has 0 aliphatic carbocycles. The van der Waals surface area contributed by atoms with Gasteiger partial charge in [0.1, 0.15) is 29.2 Å². The minimum atomic E-state index is -1.02. The first-order valence-corrected chi connectivity index (χ1v) is 21.2. The Morgan fingerprint density at radius 3 is 2.03 bits per heavy atom. The predicted octanol–water partition coefficient (Wildman–Crippen LogP) is 4.46. The first-order chi connectivity index (χ1) is 30.2. The normalized spacial score (nSPS) is 15.0. The Morgan fingerprint density at radius 1 is 0.726 bits per heavy atom. The number of pyridine rings is 2. The number of hydrogen-bond donors (Lipinski definition) is 2. The van der Waals surface area contributed by atoms with Crippen molar-refractivity contribution in [3.63, 3.8) is 0 Å². The number of carbonyl (C=O) groups is 4. The number of rotatable bonds is 24. The molecule has 2 aliphatic heterocycles. The third-order valence-electron chi connectivity index (χ3n) is 9.91. The van der Waals surface area contributed by atoms with Gasteiger partial charge in [0.05, 0.1) is 93.1 Å². The van der Waals surface area contributed by atoms with Crippen molar-refractivity contribution in [2.24, 2.45) is 0 Å². The fraction of sp³-hybridized carbons (Fsp3) is 0.386. The van der Waals surface area contributed by atoms with Gasteiger partial charge in [-0.15, -0.1) is 11.3 Å². The molecule has 0 radical (unpaired) electrons. The van der Waals surface area contributed by atoms with Gasteiger partial charge in [-0.1, -0.05) is 0 Å². The number of carbonyl (C=O) groups excluding carboxylic acids is 4. The largest absolute Gasteiger partial charge is 0.491 e. The van der Waals surface area contributed by atoms with E-state index in [4.69, 9.17) is 33.4 Å². The van der Waals surface area contributed by atoms with Crippen LogP contribution in [0.25, 0.3) is 32.0 Å². The van der Waals surface area contributed by atoms with Crippen LogP contribution in [0, 0.1) is 0 Å². The summed E-state index contributed by atoms with van der Waals surface area (Å²) in [5.41, 5.74) is 5.24. The lowest BCUT2D eigenvalue weighted by Crippen LogP contribution is -2.54. The zero-order valence-electron chi connectivity index (χ0n) is 34.6. The molecule has 0 saturated carbocycles. The first-order valence-electron chi connectivity index (χ1n) is 20.4. The van der Waals surface area contributed by atoms with Crippen molar-refractivity contribution in [3.05, 3.63) is 84.2 Å². The van der Waals surface area contributed by atoms with Gasteiger partial charge in [0.2, 0.25) is 11.8 Å². The second-order valence-corrected chi connectivity index (χ2v) is 15.5. The van der Waals surface area contributed by atoms with Crippen LogP contribution in [0.3, 0.4) is 0 Å². The first kappa shape index (κ1) is 44.2. The van der Waals surface area contributed by atoms with E-state index in [0.717, 1.165) is 48.5 Å². The number of anilines is 2. The summed E-state index contributed by atoms with van der Waals surface area (Å²) in [4.78, 5) is 66.5. The summed E-state index contributed by atoms with van der Waals surface area (Å²) in [6.07, 6.45) is 3.83. The molecule has 2 aromatic carbocycles. The highest BCUT2D eigenvalue weighted by Gasteiger charge is 2.44. The SMILES string of the molecule is CN(C)c1ccc2nc(-c3ccc(-c4ccc(NCCOCCOCCOCCOCCOCCOc5ccc6c(c5)C(=O)N(C5CCC(=O)NC5=O)C6=O)nc4)nc3)sc2c1. The molecule has 5 aromatic rings. The van der Waals surface area contributed by atoms with Crippen molar-refractivity contribution in [3.8, 4) is 27.6 Å². The maximum absolute atomic E-state index is 13.0. The number of nitrogens with one attached hydrogen (secondary N) is 2. The topological polar surface area (TPSA) is 193 Å². The zero-order valence-corrected chi connectivity index (χ0v) is 35.4. The maximum atomic E-state index is 13.0. The van der Waals surface area contributed by atoms with E-state index in [9.17, 15) is 19.2 Å². The Balaban J connectivity index is 0.656. The highest BCUT2D eigenvalue weighted by Crippen LogP contribution is 2.33. The number of thiazole rings is 1. The standard InChI is InChI=1S/C44H49N7O10S/c1-50(2)31-5-9-36-38(25-31)62-42(48-36)30-3-8-35(46-28-30)29-4-11-39(47-27-29)45-13-14-56-15-16-57-17-18-58-19-20-59-21-22-60-23-24-61-32-6-7-33-34(26-32)44(55)51(43(33)54)37-10-12-40(52)49-41(37)53/h3-9,11,25-28,37H,10,12-24H2,1-2H3,(H,45,47)(H,49,52,53). The molecule has 3 aromatic heterocycles. The van der Waals surface area contributed by atoms with Crippen molar-refractivity contribution in [1.82, 2.24) is 25.2 Å². The van der Waals surface area contributed by atoms with E-state index in [2.05, 4.69) is 43.7 Å². The number of piperidine rings is 1. The van der Waals surface area contributed by atoms with Gasteiger partial charge in [0.15, 0.2) is 0 Å². The van der Waals surface area contributed by atoms with Gasteiger partial charge in [-0.2, -0.15) is 0 Å². The highest BCUT2D eigenvalue weighted by molar-refractivity contribution is 7.21. The van der Waals surface area contributed by atoms with Crippen LogP contribution in [-0.4, -0.2) is 143 Å². The summed E-state index contributed by atoms with van der Waals surface area (Å²) in [5, 5.41) is 6.40. The molecule has 1 atom stereocenters. The molecule has 5 heterocycles. The minimum absolute atomic E-state index is 0.0605. The molecule has 17 nitrogen and oxygen atoms in total. The molecule has 1 fully saturated rings. The minimum Gasteiger partial charge on any atom is -0.491 e. The van der Waals surface area contributed by atoms with Crippen molar-refractivity contribution in [2.45, 2.75) is 18.9 Å². The molecule has 326 valence electrons. The Bertz CT molecular complexity index is 2320. The molecule has 18 heteroatoms. The Morgan fingerprint density at radius 2 is 1.39 bits per heavy atom. The third-order valence-corrected chi connectivity index (χ3v) is 11.0. The maximum Gasteiger partial charge on any atom is 0.262 e. The van der Waals surface area contributed by atoms with E-state index >= 15 is 0 Å². The number of fused-ring (bicyclic) bond motifs is 2. The third kappa shape index (κ3) is 11.5. The van der Waals surface area contributed by atoms with E-state index in [-0.39, 0.29) is 37.2 Å². The number of imide groups is 2. The molecule has 7 rings (SSSR count). The summed E-state index contributed by atoms with van der Waals surface area (Å²) < 4.78 is 34.7. The number of amides is 4. The van der Waals surface area contributed by atoms with Crippen molar-refractivity contribution >= 4 is 56.7 Å². The van der Waals surface area contributed by atoms with Gasteiger partial charge in [-0.25, -0.2) is 9.97 Å². The lowest BCUT2D eigenvalue weighted by molar-refractivity contribution is -0.136. The molecule has 0 spiro atoms. The lowest BCUT2D eigenvalue weighted by Gasteiger charge is -2.27. The van der Waals surface area contributed by atoms with E-state index in [1.54, 1.807) is 17.4 Å². The van der Waals surface area contributed by atoms with Crippen molar-refractivity contribution in [1.29, 1.82) is 0 Å². The van der Waals surface area contributed by atoms with Gasteiger partial charge in [0.25, 0.3) is 11.8 Å². The van der Waals surface area contributed by atoms with Gasteiger partial charge in [-0.3, -0.25) is 34.4 Å². The van der Waals surface area contributed by atoms with Crippen LogP contribution in [0.15, 0.2) is 73.1 Å². The highest BCUT2D eigenvalue weighted by atomic mass is 32.1. The summed E-state index contributed by atoms with van der Waals surface area (Å²) in [6, 6.07) is 17.8. The van der Waals surface area contributed by atoms with Crippen LogP contribution in [0.4, 0.5) is 11.5 Å². The van der Waals surface area contributed by atoms with Crippen LogP contribution in [0.2, 0.25) is 0 Å². The molecule has 4 amide bonds. The second kappa shape index (κ2) is 21.8. The monoisotopic (exact) mass is 867 g/mol. The molecule has 0 bridgehead atoms. The van der Waals surface area contributed by atoms with Gasteiger partial charge >= 0.3 is 0 Å². The van der Waals surface area contributed by atoms with Crippen LogP contribution in [-0.2, 0) is 33.3 Å². The molecule has 1 unspecified atom stereocenters. The number of ether oxygens (including phenoxy) is 6. The van der Waals surface area contributed by atoms with Crippen molar-refractivity contribution in [2.75, 3.05) is 104 Å². The number of nitrogens with zero attached hydrogens (tertiary/aromatic N) is 5. The van der Waals surface area contributed by atoms with Crippen LogP contribution in [0.5, 0.6) is 5.75 Å². The molecule has 62 heavy (non-hydrogen) atoms. The second-order valence-electron chi connectivity index (χ2n) is 14.4. The fourth-order valence-corrected chi connectivity index (χ4v) is 7.64. The lowest BCUT2D eigenvalue weighted by atomic mass is 10.0. The fourth-order valence-electron chi connectivity index (χ4n) is 6.65. The Kier molecular flexibility index (Phi) is 15.5. The van der Waals surface area contributed by atoms with Gasteiger partial charge in [-0.05, 0) is 67.1 Å². The average Bonchev–Trinajstić information content (AvgIpc) is 3.82. The quantitative estimate of drug-likeness (QED) is 0.0652. The zero-order chi connectivity index (χ0) is 43.3. The summed E-state index contributed by atoms with van der Waals surface area (Å²) in [7, 11) is 4.06. The summed E-state index contributed by atoms with van der Waals surface area (Å²) >= 11 is 1.66. The van der Waals surface area contributed by atoms with E-state index < -0.39 is 29.7 Å². The predicted molar refractivity (Wildman–Crippen MR) is 232 cm³/mol. The summed E-state index contributed by atoms with van der Waals surface area (Å²) in [6.45, 7) is 5.04. The average molecular weight is 868 g/mol. The van der Waals surface area contributed by atoms with E-state index in [1.165, 1.54) is 12.1 Å². The smallest absolute Gasteiger partial charge is 0.262 e. The molecule has 2 N–H and O–H groups in total. The number of benzene rings is 2. The molecular formula is C44H49N7O10S. The van der Waals surface area contributed by atoms with Crippen LogP contribution in [0.1, 0.15) is 33.6 Å². The Labute approximate surface area is 362 Å². The Hall–Kier alpha value is -5.89. The molecular weight excluding hydrogens is 819 g/mol. The van der Waals surface area contributed by atoms with Crippen molar-refractivity contribution < 1.29 is 47.6 Å². The number of aromatic nitrogens is 3. The molecule has 1 saturated heterocycles.